The number of aliphatic hydroxyl groups is 1. The van der Waals surface area contributed by atoms with E-state index in [0.29, 0.717) is 6.54 Å². The first kappa shape index (κ1) is 8.07. The fraction of sp³-hybridized carbons (Fsp3) is 0.222. The highest BCUT2D eigenvalue weighted by Gasteiger charge is 2.21. The Balaban J connectivity index is 2.18. The molecule has 1 heterocycles. The Morgan fingerprint density at radius 2 is 2.31 bits per heavy atom. The molecule has 1 aromatic rings. The predicted octanol–water partition coefficient (Wildman–Crippen LogP) is 0.348. The van der Waals surface area contributed by atoms with E-state index in [9.17, 15) is 4.79 Å². The Labute approximate surface area is 75.8 Å². The maximum atomic E-state index is 11.1. The maximum Gasteiger partial charge on any atom is 0.266 e. The monoisotopic (exact) mass is 178 g/mol. The molecule has 1 aliphatic heterocycles. The van der Waals surface area contributed by atoms with Crippen LogP contribution in [-0.4, -0.2) is 22.6 Å². The summed E-state index contributed by atoms with van der Waals surface area (Å²) in [5.74, 6) is -0.309. The predicted molar refractivity (Wildman–Crippen MR) is 47.7 cm³/mol. The Hall–Kier alpha value is -1.55. The third-order valence-corrected chi connectivity index (χ3v) is 2.04. The van der Waals surface area contributed by atoms with Gasteiger partial charge in [-0.25, -0.2) is 5.01 Å². The van der Waals surface area contributed by atoms with Crippen LogP contribution >= 0.6 is 0 Å². The van der Waals surface area contributed by atoms with Crippen molar-refractivity contribution in [1.29, 1.82) is 0 Å². The van der Waals surface area contributed by atoms with Gasteiger partial charge < -0.3 is 5.11 Å². The van der Waals surface area contributed by atoms with Crippen LogP contribution in [0.5, 0.6) is 0 Å². The second kappa shape index (κ2) is 3.06. The van der Waals surface area contributed by atoms with Gasteiger partial charge in [-0.1, -0.05) is 18.2 Å². The van der Waals surface area contributed by atoms with Crippen LogP contribution < -0.4 is 5.43 Å². The van der Waals surface area contributed by atoms with Crippen LogP contribution in [0.1, 0.15) is 5.56 Å². The lowest BCUT2D eigenvalue weighted by Gasteiger charge is -2.14. The number of para-hydroxylation sites is 1. The van der Waals surface area contributed by atoms with E-state index in [-0.39, 0.29) is 5.91 Å². The van der Waals surface area contributed by atoms with E-state index in [1.165, 1.54) is 5.01 Å². The van der Waals surface area contributed by atoms with E-state index in [0.717, 1.165) is 11.3 Å². The Morgan fingerprint density at radius 3 is 3.00 bits per heavy atom. The summed E-state index contributed by atoms with van der Waals surface area (Å²) in [6, 6.07) is 7.68. The minimum atomic E-state index is -0.457. The summed E-state index contributed by atoms with van der Waals surface area (Å²) < 4.78 is 0. The Bertz CT molecular complexity index is 313. The van der Waals surface area contributed by atoms with E-state index >= 15 is 0 Å². The average molecular weight is 178 g/mol. The van der Waals surface area contributed by atoms with Gasteiger partial charge in [0, 0.05) is 0 Å². The summed E-state index contributed by atoms with van der Waals surface area (Å²) in [5, 5.41) is 10.1. The molecule has 0 bridgehead atoms. The lowest BCUT2D eigenvalue weighted by Crippen LogP contribution is -2.33. The number of hydrogen-bond donors (Lipinski definition) is 2. The van der Waals surface area contributed by atoms with E-state index in [4.69, 9.17) is 5.11 Å². The van der Waals surface area contributed by atoms with Crippen molar-refractivity contribution in [1.82, 2.24) is 5.01 Å². The molecule has 4 nitrogen and oxygen atoms in total. The van der Waals surface area contributed by atoms with Gasteiger partial charge in [-0.3, -0.25) is 10.2 Å². The molecule has 2 rings (SSSR count). The van der Waals surface area contributed by atoms with Gasteiger partial charge in [-0.15, -0.1) is 0 Å². The van der Waals surface area contributed by atoms with Gasteiger partial charge in [0.25, 0.3) is 5.91 Å². The molecule has 4 heteroatoms. The minimum absolute atomic E-state index is 0.309. The van der Waals surface area contributed by atoms with Crippen molar-refractivity contribution in [2.45, 2.75) is 6.54 Å². The fourth-order valence-electron chi connectivity index (χ4n) is 1.36. The van der Waals surface area contributed by atoms with E-state index < -0.39 is 6.61 Å². The van der Waals surface area contributed by atoms with Crippen LogP contribution in [-0.2, 0) is 11.3 Å². The topological polar surface area (TPSA) is 52.6 Å². The van der Waals surface area contributed by atoms with Crippen LogP contribution in [0.2, 0.25) is 0 Å². The van der Waals surface area contributed by atoms with Gasteiger partial charge in [-0.05, 0) is 11.6 Å². The third kappa shape index (κ3) is 1.36. The molecule has 0 atom stereocenters. The third-order valence-electron chi connectivity index (χ3n) is 2.04. The van der Waals surface area contributed by atoms with Gasteiger partial charge in [0.05, 0.1) is 12.2 Å². The first-order chi connectivity index (χ1) is 6.31. The highest BCUT2D eigenvalue weighted by molar-refractivity contribution is 5.80. The molecule has 0 aliphatic carbocycles. The maximum absolute atomic E-state index is 11.1. The number of benzene rings is 1. The summed E-state index contributed by atoms with van der Waals surface area (Å²) in [6.07, 6.45) is 0. The molecule has 0 saturated carbocycles. The van der Waals surface area contributed by atoms with Crippen LogP contribution in [0.4, 0.5) is 5.69 Å². The standard InChI is InChI=1S/C9H10N2O2/c12-6-9(13)11-5-7-3-1-2-4-8(7)10-11/h1-4,10,12H,5-6H2. The zero-order chi connectivity index (χ0) is 9.26. The molecular weight excluding hydrogens is 168 g/mol. The highest BCUT2D eigenvalue weighted by atomic mass is 16.3. The second-order valence-electron chi connectivity index (χ2n) is 2.91. The Kier molecular flexibility index (Phi) is 1.90. The number of fused-ring (bicyclic) bond motifs is 1. The molecule has 1 amide bonds. The number of rotatable bonds is 1. The highest BCUT2D eigenvalue weighted by Crippen LogP contribution is 2.23. The summed E-state index contributed by atoms with van der Waals surface area (Å²) in [4.78, 5) is 11.1. The fourth-order valence-corrected chi connectivity index (χ4v) is 1.36. The number of hydrogen-bond acceptors (Lipinski definition) is 3. The number of amides is 1. The average Bonchev–Trinajstić information content (AvgIpc) is 2.59. The van der Waals surface area contributed by atoms with Crippen LogP contribution in [0.3, 0.4) is 0 Å². The molecule has 1 aromatic carbocycles. The quantitative estimate of drug-likeness (QED) is 0.652. The molecule has 0 spiro atoms. The number of nitrogens with zero attached hydrogens (tertiary/aromatic N) is 1. The van der Waals surface area contributed by atoms with Gasteiger partial charge in [0.1, 0.15) is 6.61 Å². The van der Waals surface area contributed by atoms with E-state index in [2.05, 4.69) is 5.43 Å². The molecule has 0 aromatic heterocycles. The first-order valence-electron chi connectivity index (χ1n) is 4.07. The van der Waals surface area contributed by atoms with Crippen LogP contribution in [0.15, 0.2) is 24.3 Å². The lowest BCUT2D eigenvalue weighted by molar-refractivity contribution is -0.132. The number of hydrazine groups is 1. The van der Waals surface area contributed by atoms with Crippen molar-refractivity contribution >= 4 is 11.6 Å². The molecule has 2 N–H and O–H groups in total. The van der Waals surface area contributed by atoms with Crippen molar-refractivity contribution in [2.24, 2.45) is 0 Å². The molecule has 0 saturated heterocycles. The SMILES string of the molecule is O=C(CO)N1Cc2ccccc2N1. The van der Waals surface area contributed by atoms with E-state index in [1.807, 2.05) is 24.3 Å². The summed E-state index contributed by atoms with van der Waals surface area (Å²) in [7, 11) is 0. The molecule has 13 heavy (non-hydrogen) atoms. The molecule has 0 fully saturated rings. The normalized spacial score (nSPS) is 13.8. The number of carbonyl (C=O) groups excluding carboxylic acids is 1. The zero-order valence-corrected chi connectivity index (χ0v) is 7.03. The van der Waals surface area contributed by atoms with Gasteiger partial charge in [0.2, 0.25) is 0 Å². The summed E-state index contributed by atoms with van der Waals surface area (Å²) >= 11 is 0. The van der Waals surface area contributed by atoms with Gasteiger partial charge >= 0.3 is 0 Å². The molecular formula is C9H10N2O2. The molecule has 0 unspecified atom stereocenters. The van der Waals surface area contributed by atoms with Gasteiger partial charge in [0.15, 0.2) is 0 Å². The Morgan fingerprint density at radius 1 is 1.54 bits per heavy atom. The number of aliphatic hydroxyl groups excluding tert-OH is 1. The minimum Gasteiger partial charge on any atom is -0.386 e. The van der Waals surface area contributed by atoms with Crippen LogP contribution in [0, 0.1) is 0 Å². The number of anilines is 1. The van der Waals surface area contributed by atoms with Gasteiger partial charge in [-0.2, -0.15) is 0 Å². The molecule has 1 aliphatic rings. The summed E-state index contributed by atoms with van der Waals surface area (Å²) in [5.41, 5.74) is 4.92. The van der Waals surface area contributed by atoms with Crippen molar-refractivity contribution in [3.63, 3.8) is 0 Å². The van der Waals surface area contributed by atoms with Crippen molar-refractivity contribution in [3.8, 4) is 0 Å². The second-order valence-corrected chi connectivity index (χ2v) is 2.91. The zero-order valence-electron chi connectivity index (χ0n) is 7.03. The van der Waals surface area contributed by atoms with Crippen molar-refractivity contribution in [3.05, 3.63) is 29.8 Å². The van der Waals surface area contributed by atoms with Crippen LogP contribution in [0.25, 0.3) is 0 Å². The first-order valence-corrected chi connectivity index (χ1v) is 4.07. The van der Waals surface area contributed by atoms with Crippen molar-refractivity contribution in [2.75, 3.05) is 12.0 Å². The largest absolute Gasteiger partial charge is 0.386 e. The van der Waals surface area contributed by atoms with E-state index in [1.54, 1.807) is 0 Å². The molecule has 68 valence electrons. The smallest absolute Gasteiger partial charge is 0.266 e. The lowest BCUT2D eigenvalue weighted by atomic mass is 10.2. The summed E-state index contributed by atoms with van der Waals surface area (Å²) in [6.45, 7) is 0.0660. The van der Waals surface area contributed by atoms with Crippen molar-refractivity contribution < 1.29 is 9.90 Å². The number of nitrogens with one attached hydrogen (secondary N) is 1. The molecule has 0 radical (unpaired) electrons. The number of carbonyl (C=O) groups is 1.